The standard InChI is InChI=1S/C20H26N2OS2/c1-11(2)22-16-7-12(3)14(9-17-18(23)21-19(24)25-17)8-15(16)13(4)10-20(22,5)6/h7-9,11,13H,10H2,1-6H3,(H,21,23,24)/b17-9+/t13-/m0/s1. The molecule has 1 N–H and O–H groups in total. The SMILES string of the molecule is Cc1cc2c(cc1/C=C1/SC(=S)NC1=O)[C@@H](C)CC(C)(C)N2C(C)C. The first kappa shape index (κ1) is 18.5. The van der Waals surface area contributed by atoms with E-state index < -0.39 is 0 Å². The zero-order valence-corrected chi connectivity index (χ0v) is 17.4. The molecule has 1 saturated heterocycles. The first-order valence-corrected chi connectivity index (χ1v) is 10.0. The quantitative estimate of drug-likeness (QED) is 0.584. The van der Waals surface area contributed by atoms with Gasteiger partial charge in [0.1, 0.15) is 4.32 Å². The molecule has 0 aromatic heterocycles. The van der Waals surface area contributed by atoms with Crippen molar-refractivity contribution in [3.63, 3.8) is 0 Å². The second kappa shape index (κ2) is 6.44. The molecule has 1 fully saturated rings. The van der Waals surface area contributed by atoms with Gasteiger partial charge in [-0.15, -0.1) is 0 Å². The van der Waals surface area contributed by atoms with Crippen LogP contribution in [-0.4, -0.2) is 21.8 Å². The number of nitrogens with one attached hydrogen (secondary N) is 1. The highest BCUT2D eigenvalue weighted by Crippen LogP contribution is 2.45. The number of aryl methyl sites for hydroxylation is 1. The maximum Gasteiger partial charge on any atom is 0.263 e. The molecule has 0 saturated carbocycles. The number of hydrogen-bond acceptors (Lipinski definition) is 4. The van der Waals surface area contributed by atoms with E-state index in [1.54, 1.807) is 0 Å². The van der Waals surface area contributed by atoms with E-state index >= 15 is 0 Å². The van der Waals surface area contributed by atoms with Crippen LogP contribution in [0, 0.1) is 6.92 Å². The van der Waals surface area contributed by atoms with Crippen molar-refractivity contribution in [2.75, 3.05) is 4.90 Å². The molecule has 2 aliphatic rings. The summed E-state index contributed by atoms with van der Waals surface area (Å²) in [4.78, 5) is 15.2. The largest absolute Gasteiger partial charge is 0.364 e. The summed E-state index contributed by atoms with van der Waals surface area (Å²) in [6, 6.07) is 5.00. The van der Waals surface area contributed by atoms with E-state index in [0.717, 1.165) is 12.0 Å². The molecule has 0 spiro atoms. The minimum Gasteiger partial charge on any atom is -0.364 e. The molecule has 2 heterocycles. The number of rotatable bonds is 2. The molecule has 25 heavy (non-hydrogen) atoms. The first-order chi connectivity index (χ1) is 11.6. The molecule has 0 bridgehead atoms. The highest BCUT2D eigenvalue weighted by Gasteiger charge is 2.38. The van der Waals surface area contributed by atoms with Crippen molar-refractivity contribution in [2.45, 2.75) is 65.5 Å². The minimum atomic E-state index is -0.0925. The summed E-state index contributed by atoms with van der Waals surface area (Å²) in [6.45, 7) is 13.6. The van der Waals surface area contributed by atoms with E-state index in [4.69, 9.17) is 12.2 Å². The Hall–Kier alpha value is -1.33. The summed E-state index contributed by atoms with van der Waals surface area (Å²) >= 11 is 6.43. The maximum atomic E-state index is 12.0. The lowest BCUT2D eigenvalue weighted by Crippen LogP contribution is -2.51. The van der Waals surface area contributed by atoms with E-state index in [1.165, 1.54) is 28.6 Å². The summed E-state index contributed by atoms with van der Waals surface area (Å²) in [5, 5.41) is 2.69. The Morgan fingerprint density at radius 3 is 2.64 bits per heavy atom. The van der Waals surface area contributed by atoms with E-state index in [1.807, 2.05) is 6.08 Å². The summed E-state index contributed by atoms with van der Waals surface area (Å²) < 4.78 is 0.535. The maximum absolute atomic E-state index is 12.0. The van der Waals surface area contributed by atoms with Crippen LogP contribution in [0.15, 0.2) is 17.0 Å². The van der Waals surface area contributed by atoms with Gasteiger partial charge in [-0.1, -0.05) is 30.9 Å². The van der Waals surface area contributed by atoms with Crippen LogP contribution in [0.4, 0.5) is 5.69 Å². The molecule has 1 atom stereocenters. The van der Waals surface area contributed by atoms with E-state index in [0.29, 0.717) is 21.2 Å². The number of benzene rings is 1. The highest BCUT2D eigenvalue weighted by atomic mass is 32.2. The predicted octanol–water partition coefficient (Wildman–Crippen LogP) is 4.98. The lowest BCUT2D eigenvalue weighted by molar-refractivity contribution is -0.115. The van der Waals surface area contributed by atoms with Gasteiger partial charge in [-0.25, -0.2) is 0 Å². The van der Waals surface area contributed by atoms with Crippen molar-refractivity contribution in [2.24, 2.45) is 0 Å². The second-order valence-corrected chi connectivity index (χ2v) is 9.72. The Balaban J connectivity index is 2.10. The zero-order chi connectivity index (χ0) is 18.5. The van der Waals surface area contributed by atoms with Gasteiger partial charge in [-0.05, 0) is 81.9 Å². The molecule has 5 heteroatoms. The fourth-order valence-corrected chi connectivity index (χ4v) is 5.34. The average molecular weight is 375 g/mol. The fraction of sp³-hybridized carbons (Fsp3) is 0.500. The van der Waals surface area contributed by atoms with Crippen molar-refractivity contribution in [1.29, 1.82) is 0 Å². The smallest absolute Gasteiger partial charge is 0.263 e. The monoisotopic (exact) mass is 374 g/mol. The van der Waals surface area contributed by atoms with Gasteiger partial charge in [-0.3, -0.25) is 4.79 Å². The number of nitrogens with zero attached hydrogens (tertiary/aromatic N) is 1. The molecule has 1 aromatic rings. The number of fused-ring (bicyclic) bond motifs is 1. The molecular weight excluding hydrogens is 348 g/mol. The van der Waals surface area contributed by atoms with Crippen molar-refractivity contribution in [1.82, 2.24) is 5.32 Å². The van der Waals surface area contributed by atoms with Gasteiger partial charge in [0.05, 0.1) is 4.91 Å². The lowest BCUT2D eigenvalue weighted by Gasteiger charge is -2.50. The van der Waals surface area contributed by atoms with Crippen LogP contribution >= 0.6 is 24.0 Å². The van der Waals surface area contributed by atoms with Crippen molar-refractivity contribution < 1.29 is 4.79 Å². The van der Waals surface area contributed by atoms with Crippen molar-refractivity contribution in [3.8, 4) is 0 Å². The number of anilines is 1. The van der Waals surface area contributed by atoms with Crippen molar-refractivity contribution >= 4 is 46.0 Å². The normalized spacial score (nSPS) is 24.0. The zero-order valence-electron chi connectivity index (χ0n) is 15.8. The highest BCUT2D eigenvalue weighted by molar-refractivity contribution is 8.26. The van der Waals surface area contributed by atoms with Crippen LogP contribution < -0.4 is 10.2 Å². The average Bonchev–Trinajstić information content (AvgIpc) is 2.77. The number of hydrogen-bond donors (Lipinski definition) is 1. The Labute approximate surface area is 160 Å². The lowest BCUT2D eigenvalue weighted by atomic mass is 9.78. The van der Waals surface area contributed by atoms with Crippen LogP contribution in [0.25, 0.3) is 6.08 Å². The third-order valence-corrected chi connectivity index (χ3v) is 6.27. The summed E-state index contributed by atoms with van der Waals surface area (Å²) in [7, 11) is 0. The topological polar surface area (TPSA) is 32.3 Å². The summed E-state index contributed by atoms with van der Waals surface area (Å²) in [5.41, 5.74) is 5.14. The van der Waals surface area contributed by atoms with Gasteiger partial charge < -0.3 is 10.2 Å². The Bertz CT molecular complexity index is 780. The van der Waals surface area contributed by atoms with Crippen LogP contribution in [0.3, 0.4) is 0 Å². The Kier molecular flexibility index (Phi) is 4.75. The molecule has 1 aromatic carbocycles. The molecule has 0 unspecified atom stereocenters. The molecule has 0 aliphatic carbocycles. The number of carbonyl (C=O) groups is 1. The number of thiocarbonyl (C=S) groups is 1. The fourth-order valence-electron chi connectivity index (χ4n) is 4.31. The molecule has 0 radical (unpaired) electrons. The molecule has 3 nitrogen and oxygen atoms in total. The molecule has 1 amide bonds. The van der Waals surface area contributed by atoms with Gasteiger partial charge in [-0.2, -0.15) is 0 Å². The third-order valence-electron chi connectivity index (χ3n) is 5.11. The van der Waals surface area contributed by atoms with Gasteiger partial charge in [0.15, 0.2) is 0 Å². The Morgan fingerprint density at radius 2 is 2.08 bits per heavy atom. The first-order valence-electron chi connectivity index (χ1n) is 8.79. The van der Waals surface area contributed by atoms with Gasteiger partial charge >= 0.3 is 0 Å². The van der Waals surface area contributed by atoms with E-state index in [-0.39, 0.29) is 11.4 Å². The summed E-state index contributed by atoms with van der Waals surface area (Å²) in [6.07, 6.45) is 3.09. The van der Waals surface area contributed by atoms with Gasteiger partial charge in [0, 0.05) is 17.3 Å². The summed E-state index contributed by atoms with van der Waals surface area (Å²) in [5.74, 6) is 0.397. The molecular formula is C20H26N2OS2. The Morgan fingerprint density at radius 1 is 1.40 bits per heavy atom. The van der Waals surface area contributed by atoms with Crippen LogP contribution in [0.1, 0.15) is 63.6 Å². The third kappa shape index (κ3) is 3.36. The van der Waals surface area contributed by atoms with Crippen LogP contribution in [0.2, 0.25) is 0 Å². The number of thioether (sulfide) groups is 1. The van der Waals surface area contributed by atoms with E-state index in [9.17, 15) is 4.79 Å². The van der Waals surface area contributed by atoms with Gasteiger partial charge in [0.2, 0.25) is 0 Å². The second-order valence-electron chi connectivity index (χ2n) is 8.00. The molecule has 134 valence electrons. The van der Waals surface area contributed by atoms with E-state index in [2.05, 4.69) is 63.9 Å². The van der Waals surface area contributed by atoms with Crippen LogP contribution in [-0.2, 0) is 4.79 Å². The van der Waals surface area contributed by atoms with Crippen molar-refractivity contribution in [3.05, 3.63) is 33.7 Å². The predicted molar refractivity (Wildman–Crippen MR) is 112 cm³/mol. The number of carbonyl (C=O) groups excluding carboxylic acids is 1. The molecule has 2 aliphatic heterocycles. The minimum absolute atomic E-state index is 0.0925. The van der Waals surface area contributed by atoms with Crippen LogP contribution in [0.5, 0.6) is 0 Å². The molecule has 3 rings (SSSR count). The number of amides is 1. The van der Waals surface area contributed by atoms with Gasteiger partial charge in [0.25, 0.3) is 5.91 Å².